The average Bonchev–Trinajstić information content (AvgIpc) is 3.53. The molecule has 0 spiro atoms. The molecule has 1 aliphatic carbocycles. The Morgan fingerprint density at radius 2 is 1.66 bits per heavy atom. The normalized spacial score (nSPS) is 15.4. The number of aromatic nitrogens is 6. The summed E-state index contributed by atoms with van der Waals surface area (Å²) < 4.78 is 0. The topological polar surface area (TPSA) is 139 Å². The van der Waals surface area contributed by atoms with Gasteiger partial charge in [0.1, 0.15) is 12.7 Å². The van der Waals surface area contributed by atoms with Crippen molar-refractivity contribution in [1.82, 2.24) is 34.8 Å². The van der Waals surface area contributed by atoms with Crippen LogP contribution in [0.25, 0.3) is 0 Å². The van der Waals surface area contributed by atoms with E-state index in [1.165, 1.54) is 18.9 Å². The van der Waals surface area contributed by atoms with Gasteiger partial charge in [-0.1, -0.05) is 0 Å². The van der Waals surface area contributed by atoms with E-state index in [1.807, 2.05) is 0 Å². The third-order valence-corrected chi connectivity index (χ3v) is 5.38. The van der Waals surface area contributed by atoms with E-state index in [-0.39, 0.29) is 28.8 Å². The molecule has 2 N–H and O–H groups in total. The van der Waals surface area contributed by atoms with E-state index in [9.17, 15) is 9.59 Å². The summed E-state index contributed by atoms with van der Waals surface area (Å²) >= 11 is 0. The maximum Gasteiger partial charge on any atom is 0.278 e. The lowest BCUT2D eigenvalue weighted by atomic mass is 10.2. The third kappa shape index (κ3) is 4.22. The average molecular weight is 431 g/mol. The Hall–Kier alpha value is -4.02. The second kappa shape index (κ2) is 8.61. The van der Waals surface area contributed by atoms with Gasteiger partial charge in [0, 0.05) is 19.0 Å². The van der Waals surface area contributed by atoms with E-state index >= 15 is 0 Å². The number of carbonyl (C=O) groups excluding carboxylic acids is 2. The van der Waals surface area contributed by atoms with Crippen LogP contribution in [0.5, 0.6) is 0 Å². The summed E-state index contributed by atoms with van der Waals surface area (Å²) in [4.78, 5) is 52.9. The van der Waals surface area contributed by atoms with Crippen molar-refractivity contribution in [3.05, 3.63) is 54.5 Å². The Bertz CT molecular complexity index is 1150. The van der Waals surface area contributed by atoms with Gasteiger partial charge >= 0.3 is 0 Å². The highest BCUT2D eigenvalue weighted by atomic mass is 16.2. The minimum Gasteiger partial charge on any atom is -0.337 e. The molecule has 4 heterocycles. The van der Waals surface area contributed by atoms with Gasteiger partial charge in [-0.25, -0.2) is 29.9 Å². The van der Waals surface area contributed by atoms with Gasteiger partial charge < -0.3 is 15.5 Å². The lowest BCUT2D eigenvalue weighted by Gasteiger charge is -2.17. The van der Waals surface area contributed by atoms with Crippen LogP contribution in [-0.4, -0.2) is 59.7 Å². The Morgan fingerprint density at radius 1 is 0.906 bits per heavy atom. The van der Waals surface area contributed by atoms with E-state index < -0.39 is 5.91 Å². The van der Waals surface area contributed by atoms with Gasteiger partial charge in [0.15, 0.2) is 17.2 Å². The molecule has 2 fully saturated rings. The zero-order valence-corrected chi connectivity index (χ0v) is 17.2. The number of hydrogen-bond donors (Lipinski definition) is 2. The molecule has 0 atom stereocenters. The SMILES string of the molecule is O=C(Nc1cncnc1C(=O)N1CCCC1)c1nc(C2CC2)cnc1Nc1cncnc1. The maximum atomic E-state index is 13.3. The quantitative estimate of drug-likeness (QED) is 0.601. The first-order chi connectivity index (χ1) is 15.7. The van der Waals surface area contributed by atoms with E-state index in [0.717, 1.165) is 31.4 Å². The summed E-state index contributed by atoms with van der Waals surface area (Å²) in [5.74, 6) is -0.149. The molecule has 3 aromatic rings. The first kappa shape index (κ1) is 19.9. The second-order valence-corrected chi connectivity index (χ2v) is 7.76. The number of amides is 2. The van der Waals surface area contributed by atoms with Crippen LogP contribution in [0, 0.1) is 0 Å². The van der Waals surface area contributed by atoms with Crippen LogP contribution in [-0.2, 0) is 0 Å². The lowest BCUT2D eigenvalue weighted by Crippen LogP contribution is -2.30. The van der Waals surface area contributed by atoms with Gasteiger partial charge in [-0.15, -0.1) is 0 Å². The fourth-order valence-corrected chi connectivity index (χ4v) is 3.57. The highest BCUT2D eigenvalue weighted by Gasteiger charge is 2.29. The van der Waals surface area contributed by atoms with Gasteiger partial charge in [0.05, 0.1) is 41.9 Å². The first-order valence-electron chi connectivity index (χ1n) is 10.5. The summed E-state index contributed by atoms with van der Waals surface area (Å²) in [6.07, 6.45) is 12.9. The molecule has 1 saturated heterocycles. The van der Waals surface area contributed by atoms with E-state index in [0.29, 0.717) is 24.7 Å². The van der Waals surface area contributed by atoms with Gasteiger partial charge in [0.25, 0.3) is 11.8 Å². The molecule has 11 nitrogen and oxygen atoms in total. The predicted octanol–water partition coefficient (Wildman–Crippen LogP) is 2.17. The van der Waals surface area contributed by atoms with E-state index in [2.05, 4.69) is 40.5 Å². The Kier molecular flexibility index (Phi) is 5.36. The van der Waals surface area contributed by atoms with Crippen molar-refractivity contribution in [2.75, 3.05) is 23.7 Å². The number of nitrogens with one attached hydrogen (secondary N) is 2. The molecule has 2 aliphatic rings. The van der Waals surface area contributed by atoms with Gasteiger partial charge in [0.2, 0.25) is 0 Å². The summed E-state index contributed by atoms with van der Waals surface area (Å²) in [6, 6.07) is 0. The summed E-state index contributed by atoms with van der Waals surface area (Å²) in [7, 11) is 0. The monoisotopic (exact) mass is 431 g/mol. The van der Waals surface area contributed by atoms with Crippen LogP contribution < -0.4 is 10.6 Å². The smallest absolute Gasteiger partial charge is 0.278 e. The van der Waals surface area contributed by atoms with Crippen LogP contribution in [0.3, 0.4) is 0 Å². The lowest BCUT2D eigenvalue weighted by molar-refractivity contribution is 0.0788. The molecular formula is C21H21N9O2. The Balaban J connectivity index is 1.44. The standard InChI is InChI=1S/C21H21N9O2/c31-20(29-16-9-24-12-26-17(16)21(32)30-5-1-2-6-30)18-19(27-14-7-22-11-23-8-14)25-10-15(28-18)13-3-4-13/h7-13H,1-6H2,(H,25,27)(H,29,31). The number of nitrogens with zero attached hydrogens (tertiary/aromatic N) is 7. The maximum absolute atomic E-state index is 13.3. The largest absolute Gasteiger partial charge is 0.337 e. The molecule has 1 saturated carbocycles. The van der Waals surface area contributed by atoms with Crippen molar-refractivity contribution in [3.8, 4) is 0 Å². The van der Waals surface area contributed by atoms with Crippen molar-refractivity contribution in [3.63, 3.8) is 0 Å². The molecule has 11 heteroatoms. The predicted molar refractivity (Wildman–Crippen MR) is 114 cm³/mol. The van der Waals surface area contributed by atoms with Crippen LogP contribution in [0.15, 0.2) is 37.4 Å². The highest BCUT2D eigenvalue weighted by Crippen LogP contribution is 2.39. The molecule has 0 bridgehead atoms. The van der Waals surface area contributed by atoms with Crippen LogP contribution >= 0.6 is 0 Å². The number of likely N-dealkylation sites (tertiary alicyclic amines) is 1. The molecule has 5 rings (SSSR count). The molecular weight excluding hydrogens is 410 g/mol. The zero-order valence-electron chi connectivity index (χ0n) is 17.2. The first-order valence-corrected chi connectivity index (χ1v) is 10.5. The Labute approximate surface area is 183 Å². The molecule has 0 unspecified atom stereocenters. The molecule has 0 radical (unpaired) electrons. The summed E-state index contributed by atoms with van der Waals surface area (Å²) in [5.41, 5.74) is 1.85. The molecule has 2 amide bonds. The Morgan fingerprint density at radius 3 is 2.41 bits per heavy atom. The van der Waals surface area contributed by atoms with Crippen molar-refractivity contribution in [2.24, 2.45) is 0 Å². The number of anilines is 3. The van der Waals surface area contributed by atoms with Gasteiger partial charge in [-0.3, -0.25) is 9.59 Å². The zero-order chi connectivity index (χ0) is 21.9. The minimum atomic E-state index is -0.510. The van der Waals surface area contributed by atoms with Crippen LogP contribution in [0.4, 0.5) is 17.2 Å². The number of rotatable bonds is 6. The van der Waals surface area contributed by atoms with Crippen LogP contribution in [0.1, 0.15) is 58.3 Å². The fraction of sp³-hybridized carbons (Fsp3) is 0.333. The van der Waals surface area contributed by atoms with Crippen molar-refractivity contribution < 1.29 is 9.59 Å². The highest BCUT2D eigenvalue weighted by molar-refractivity contribution is 6.09. The fourth-order valence-electron chi connectivity index (χ4n) is 3.57. The molecule has 162 valence electrons. The van der Waals surface area contributed by atoms with E-state index in [1.54, 1.807) is 23.5 Å². The van der Waals surface area contributed by atoms with Crippen molar-refractivity contribution in [1.29, 1.82) is 0 Å². The minimum absolute atomic E-state index is 0.113. The molecule has 1 aliphatic heterocycles. The second-order valence-electron chi connectivity index (χ2n) is 7.76. The number of hydrogen-bond acceptors (Lipinski definition) is 9. The van der Waals surface area contributed by atoms with Gasteiger partial charge in [-0.2, -0.15) is 0 Å². The van der Waals surface area contributed by atoms with Crippen molar-refractivity contribution in [2.45, 2.75) is 31.6 Å². The number of carbonyl (C=O) groups is 2. The van der Waals surface area contributed by atoms with Gasteiger partial charge in [-0.05, 0) is 25.7 Å². The van der Waals surface area contributed by atoms with Crippen LogP contribution in [0.2, 0.25) is 0 Å². The molecule has 3 aromatic heterocycles. The molecule has 0 aromatic carbocycles. The summed E-state index contributed by atoms with van der Waals surface area (Å²) in [6.45, 7) is 1.36. The van der Waals surface area contributed by atoms with Crippen molar-refractivity contribution >= 4 is 29.0 Å². The third-order valence-electron chi connectivity index (χ3n) is 5.38. The molecule has 32 heavy (non-hydrogen) atoms. The summed E-state index contributed by atoms with van der Waals surface area (Å²) in [5, 5.41) is 5.80. The van der Waals surface area contributed by atoms with E-state index in [4.69, 9.17) is 0 Å².